The summed E-state index contributed by atoms with van der Waals surface area (Å²) in [5, 5.41) is 3.76. The molecule has 0 aliphatic carbocycles. The van der Waals surface area contributed by atoms with E-state index in [1.165, 1.54) is 10.4 Å². The second-order valence-corrected chi connectivity index (χ2v) is 7.44. The standard InChI is InChI=1S/C17H24N2S/c1-13(16-11-18-12-20-16)19-15(10-17(2,3)4)14-8-6-5-7-9-14/h5-9,11-13,15,19H,10H2,1-4H3. The second-order valence-electron chi connectivity index (χ2n) is 6.52. The van der Waals surface area contributed by atoms with E-state index in [4.69, 9.17) is 0 Å². The molecule has 20 heavy (non-hydrogen) atoms. The summed E-state index contributed by atoms with van der Waals surface area (Å²) in [5.74, 6) is 0. The molecule has 2 atom stereocenters. The van der Waals surface area contributed by atoms with E-state index in [2.05, 4.69) is 68.3 Å². The van der Waals surface area contributed by atoms with Crippen molar-refractivity contribution in [3.63, 3.8) is 0 Å². The molecule has 0 saturated carbocycles. The first-order valence-corrected chi connectivity index (χ1v) is 8.03. The summed E-state index contributed by atoms with van der Waals surface area (Å²) in [7, 11) is 0. The van der Waals surface area contributed by atoms with Gasteiger partial charge < -0.3 is 5.32 Å². The fraction of sp³-hybridized carbons (Fsp3) is 0.471. The maximum absolute atomic E-state index is 4.18. The fourth-order valence-electron chi connectivity index (χ4n) is 2.39. The molecule has 0 amide bonds. The quantitative estimate of drug-likeness (QED) is 0.840. The highest BCUT2D eigenvalue weighted by Gasteiger charge is 2.22. The van der Waals surface area contributed by atoms with Gasteiger partial charge in [-0.15, -0.1) is 11.3 Å². The first-order valence-electron chi connectivity index (χ1n) is 7.15. The van der Waals surface area contributed by atoms with Crippen molar-refractivity contribution in [1.82, 2.24) is 10.3 Å². The molecule has 0 fully saturated rings. The molecular formula is C17H24N2S. The lowest BCUT2D eigenvalue weighted by Gasteiger charge is -2.29. The van der Waals surface area contributed by atoms with Crippen LogP contribution in [0.25, 0.3) is 0 Å². The van der Waals surface area contributed by atoms with E-state index in [1.54, 1.807) is 11.3 Å². The van der Waals surface area contributed by atoms with Gasteiger partial charge in [-0.25, -0.2) is 0 Å². The Labute approximate surface area is 126 Å². The SMILES string of the molecule is CC(NC(CC(C)(C)C)c1ccccc1)c1cncs1. The largest absolute Gasteiger partial charge is 0.303 e. The van der Waals surface area contributed by atoms with Crippen LogP contribution in [0.15, 0.2) is 42.0 Å². The minimum absolute atomic E-state index is 0.293. The van der Waals surface area contributed by atoms with Crippen LogP contribution in [0.2, 0.25) is 0 Å². The minimum atomic E-state index is 0.293. The molecule has 1 aromatic carbocycles. The smallest absolute Gasteiger partial charge is 0.0794 e. The number of thiazole rings is 1. The maximum atomic E-state index is 4.18. The van der Waals surface area contributed by atoms with Gasteiger partial charge in [-0.1, -0.05) is 51.1 Å². The van der Waals surface area contributed by atoms with E-state index in [0.717, 1.165) is 6.42 Å². The third-order valence-corrected chi connectivity index (χ3v) is 4.31. The normalized spacial score (nSPS) is 15.0. The summed E-state index contributed by atoms with van der Waals surface area (Å²) in [4.78, 5) is 5.47. The van der Waals surface area contributed by atoms with E-state index in [-0.39, 0.29) is 0 Å². The molecule has 1 heterocycles. The molecule has 2 rings (SSSR count). The molecule has 1 N–H and O–H groups in total. The van der Waals surface area contributed by atoms with E-state index in [0.29, 0.717) is 17.5 Å². The predicted octanol–water partition coefficient (Wildman–Crippen LogP) is 4.97. The molecule has 0 radical (unpaired) electrons. The van der Waals surface area contributed by atoms with Gasteiger partial charge in [0.25, 0.3) is 0 Å². The van der Waals surface area contributed by atoms with Crippen LogP contribution in [-0.4, -0.2) is 4.98 Å². The number of nitrogens with one attached hydrogen (secondary N) is 1. The van der Waals surface area contributed by atoms with Crippen LogP contribution >= 0.6 is 11.3 Å². The number of rotatable bonds is 5. The van der Waals surface area contributed by atoms with Gasteiger partial charge in [0, 0.05) is 23.2 Å². The van der Waals surface area contributed by atoms with Crippen molar-refractivity contribution >= 4 is 11.3 Å². The third kappa shape index (κ3) is 4.43. The first-order chi connectivity index (χ1) is 9.46. The van der Waals surface area contributed by atoms with Crippen molar-refractivity contribution in [3.05, 3.63) is 52.5 Å². The van der Waals surface area contributed by atoms with Crippen LogP contribution in [-0.2, 0) is 0 Å². The van der Waals surface area contributed by atoms with Gasteiger partial charge in [0.15, 0.2) is 0 Å². The molecule has 0 aliphatic heterocycles. The number of aromatic nitrogens is 1. The lowest BCUT2D eigenvalue weighted by Crippen LogP contribution is -2.27. The highest BCUT2D eigenvalue weighted by Crippen LogP contribution is 2.31. The van der Waals surface area contributed by atoms with Crippen molar-refractivity contribution in [3.8, 4) is 0 Å². The minimum Gasteiger partial charge on any atom is -0.303 e. The van der Waals surface area contributed by atoms with Crippen LogP contribution in [0.3, 0.4) is 0 Å². The third-order valence-electron chi connectivity index (χ3n) is 3.35. The number of hydrogen-bond acceptors (Lipinski definition) is 3. The van der Waals surface area contributed by atoms with E-state index in [9.17, 15) is 0 Å². The Bertz CT molecular complexity index is 500. The van der Waals surface area contributed by atoms with Crippen molar-refractivity contribution in [2.24, 2.45) is 5.41 Å². The molecule has 2 aromatic rings. The lowest BCUT2D eigenvalue weighted by atomic mass is 9.85. The van der Waals surface area contributed by atoms with E-state index >= 15 is 0 Å². The highest BCUT2D eigenvalue weighted by molar-refractivity contribution is 7.09. The van der Waals surface area contributed by atoms with Crippen molar-refractivity contribution < 1.29 is 0 Å². The van der Waals surface area contributed by atoms with Crippen molar-refractivity contribution in [2.45, 2.75) is 46.2 Å². The lowest BCUT2D eigenvalue weighted by molar-refractivity contribution is 0.298. The van der Waals surface area contributed by atoms with Crippen LogP contribution in [0.5, 0.6) is 0 Å². The zero-order valence-corrected chi connectivity index (χ0v) is 13.6. The van der Waals surface area contributed by atoms with Crippen LogP contribution in [0, 0.1) is 5.41 Å². The fourth-order valence-corrected chi connectivity index (χ4v) is 3.03. The Morgan fingerprint density at radius 3 is 2.45 bits per heavy atom. The zero-order valence-electron chi connectivity index (χ0n) is 12.8. The van der Waals surface area contributed by atoms with Gasteiger partial charge in [0.1, 0.15) is 0 Å². The molecule has 2 unspecified atom stereocenters. The monoisotopic (exact) mass is 288 g/mol. The second kappa shape index (κ2) is 6.51. The molecule has 0 spiro atoms. The summed E-state index contributed by atoms with van der Waals surface area (Å²) in [6.45, 7) is 9.10. The molecule has 3 heteroatoms. The summed E-state index contributed by atoms with van der Waals surface area (Å²) in [6, 6.07) is 11.4. The molecule has 2 nitrogen and oxygen atoms in total. The summed E-state index contributed by atoms with van der Waals surface area (Å²) in [6.07, 6.45) is 3.07. The summed E-state index contributed by atoms with van der Waals surface area (Å²) in [5.41, 5.74) is 3.55. The topological polar surface area (TPSA) is 24.9 Å². The van der Waals surface area contributed by atoms with Crippen LogP contribution < -0.4 is 5.32 Å². The first kappa shape index (κ1) is 15.2. The average Bonchev–Trinajstić information content (AvgIpc) is 2.91. The van der Waals surface area contributed by atoms with Gasteiger partial charge in [0.05, 0.1) is 5.51 Å². The number of benzene rings is 1. The van der Waals surface area contributed by atoms with E-state index in [1.807, 2.05) is 11.7 Å². The molecule has 0 bridgehead atoms. The Morgan fingerprint density at radius 2 is 1.90 bits per heavy atom. The Morgan fingerprint density at radius 1 is 1.20 bits per heavy atom. The molecule has 108 valence electrons. The maximum Gasteiger partial charge on any atom is 0.0794 e. The Kier molecular flexibility index (Phi) is 4.95. The van der Waals surface area contributed by atoms with Crippen molar-refractivity contribution in [2.75, 3.05) is 0 Å². The van der Waals surface area contributed by atoms with Crippen molar-refractivity contribution in [1.29, 1.82) is 0 Å². The Balaban J connectivity index is 2.15. The van der Waals surface area contributed by atoms with Gasteiger partial charge in [-0.3, -0.25) is 4.98 Å². The zero-order chi connectivity index (χ0) is 14.6. The molecule has 1 aromatic heterocycles. The van der Waals surface area contributed by atoms with Gasteiger partial charge in [-0.05, 0) is 24.3 Å². The molecule has 0 aliphatic rings. The summed E-state index contributed by atoms with van der Waals surface area (Å²) >= 11 is 1.71. The number of nitrogens with zero attached hydrogens (tertiary/aromatic N) is 1. The van der Waals surface area contributed by atoms with Crippen LogP contribution in [0.4, 0.5) is 0 Å². The average molecular weight is 288 g/mol. The molecule has 0 saturated heterocycles. The summed E-state index contributed by atoms with van der Waals surface area (Å²) < 4.78 is 0. The Hall–Kier alpha value is -1.19. The van der Waals surface area contributed by atoms with Crippen LogP contribution in [0.1, 0.15) is 56.6 Å². The van der Waals surface area contributed by atoms with E-state index < -0.39 is 0 Å². The van der Waals surface area contributed by atoms with Gasteiger partial charge >= 0.3 is 0 Å². The predicted molar refractivity (Wildman–Crippen MR) is 86.9 cm³/mol. The van der Waals surface area contributed by atoms with Gasteiger partial charge in [0.2, 0.25) is 0 Å². The molecular weight excluding hydrogens is 264 g/mol. The number of hydrogen-bond donors (Lipinski definition) is 1. The highest BCUT2D eigenvalue weighted by atomic mass is 32.1. The van der Waals surface area contributed by atoms with Gasteiger partial charge in [-0.2, -0.15) is 0 Å².